The van der Waals surface area contributed by atoms with Crippen LogP contribution in [0.25, 0.3) is 11.1 Å². The normalized spacial score (nSPS) is 10.7. The van der Waals surface area contributed by atoms with Gasteiger partial charge in [0.2, 0.25) is 0 Å². The first kappa shape index (κ1) is 21.1. The van der Waals surface area contributed by atoms with Gasteiger partial charge in [0.1, 0.15) is 5.78 Å². The first-order chi connectivity index (χ1) is 13.1. The molecule has 0 fully saturated rings. The van der Waals surface area contributed by atoms with Gasteiger partial charge in [-0.1, -0.05) is 88.1 Å². The highest BCUT2D eigenvalue weighted by Gasteiger charge is 2.11. The van der Waals surface area contributed by atoms with Gasteiger partial charge in [-0.25, -0.2) is 0 Å². The van der Waals surface area contributed by atoms with E-state index >= 15 is 0 Å². The van der Waals surface area contributed by atoms with Crippen molar-refractivity contribution < 1.29 is 9.59 Å². The Morgan fingerprint density at radius 1 is 0.704 bits per heavy atom. The van der Waals surface area contributed by atoms with Crippen molar-refractivity contribution in [3.05, 3.63) is 59.7 Å². The lowest BCUT2D eigenvalue weighted by Gasteiger charge is -2.06. The van der Waals surface area contributed by atoms with Crippen LogP contribution in [0.15, 0.2) is 48.5 Å². The number of Topliss-reactive ketones (excluding diaryl/α,β-unsaturated/α-hetero) is 2. The maximum Gasteiger partial charge on any atom is 0.170 e. The van der Waals surface area contributed by atoms with Crippen LogP contribution in [-0.4, -0.2) is 11.6 Å². The van der Waals surface area contributed by atoms with E-state index in [4.69, 9.17) is 0 Å². The predicted molar refractivity (Wildman–Crippen MR) is 113 cm³/mol. The molecule has 2 rings (SSSR count). The number of benzene rings is 2. The van der Waals surface area contributed by atoms with Crippen LogP contribution in [0.1, 0.15) is 81.1 Å². The number of rotatable bonds is 12. The van der Waals surface area contributed by atoms with Gasteiger partial charge in [-0.2, -0.15) is 0 Å². The van der Waals surface area contributed by atoms with E-state index in [1.807, 2.05) is 31.2 Å². The maximum absolute atomic E-state index is 12.2. The Balaban J connectivity index is 1.90. The molecule has 0 atom stereocenters. The van der Waals surface area contributed by atoms with E-state index in [9.17, 15) is 9.59 Å². The second-order valence-electron chi connectivity index (χ2n) is 7.33. The van der Waals surface area contributed by atoms with Crippen molar-refractivity contribution in [2.45, 2.75) is 71.6 Å². The molecule has 0 saturated carbocycles. The van der Waals surface area contributed by atoms with Crippen molar-refractivity contribution >= 4 is 11.6 Å². The van der Waals surface area contributed by atoms with E-state index in [1.54, 1.807) is 0 Å². The van der Waals surface area contributed by atoms with E-state index in [0.29, 0.717) is 12.0 Å². The summed E-state index contributed by atoms with van der Waals surface area (Å²) in [5.74, 6) is -0.0599. The van der Waals surface area contributed by atoms with Crippen LogP contribution >= 0.6 is 0 Å². The number of unbranched alkanes of at least 4 members (excludes halogenated alkanes) is 4. The molecule has 0 radical (unpaired) electrons. The number of carbonyl (C=O) groups is 2. The second kappa shape index (κ2) is 11.5. The van der Waals surface area contributed by atoms with Crippen LogP contribution < -0.4 is 0 Å². The van der Waals surface area contributed by atoms with Crippen molar-refractivity contribution in [1.82, 2.24) is 0 Å². The number of hydrogen-bond donors (Lipinski definition) is 0. The Bertz CT molecular complexity index is 711. The largest absolute Gasteiger partial charge is 0.299 e. The minimum Gasteiger partial charge on any atom is -0.299 e. The molecule has 2 aromatic rings. The van der Waals surface area contributed by atoms with Gasteiger partial charge in [-0.15, -0.1) is 0 Å². The molecule has 0 spiro atoms. The lowest BCUT2D eigenvalue weighted by Crippen LogP contribution is -2.07. The van der Waals surface area contributed by atoms with Gasteiger partial charge in [0, 0.05) is 12.0 Å². The molecule has 0 unspecified atom stereocenters. The molecular weight excluding hydrogens is 332 g/mol. The maximum atomic E-state index is 12.2. The highest BCUT2D eigenvalue weighted by atomic mass is 16.1. The topological polar surface area (TPSA) is 34.1 Å². The van der Waals surface area contributed by atoms with E-state index in [0.717, 1.165) is 24.0 Å². The van der Waals surface area contributed by atoms with Crippen molar-refractivity contribution in [3.63, 3.8) is 0 Å². The molecule has 0 amide bonds. The summed E-state index contributed by atoms with van der Waals surface area (Å²) in [7, 11) is 0. The zero-order valence-corrected chi connectivity index (χ0v) is 16.8. The molecule has 0 heterocycles. The number of ketones is 2. The van der Waals surface area contributed by atoms with Crippen molar-refractivity contribution in [1.29, 1.82) is 0 Å². The molecule has 2 heteroatoms. The van der Waals surface area contributed by atoms with Crippen molar-refractivity contribution in [2.24, 2.45) is 0 Å². The quantitative estimate of drug-likeness (QED) is 0.235. The number of carbonyl (C=O) groups excluding carboxylic acids is 2. The Morgan fingerprint density at radius 2 is 1.30 bits per heavy atom. The first-order valence-electron chi connectivity index (χ1n) is 10.4. The summed E-state index contributed by atoms with van der Waals surface area (Å²) in [5, 5.41) is 0. The van der Waals surface area contributed by atoms with Crippen LogP contribution in [0.4, 0.5) is 0 Å². The second-order valence-corrected chi connectivity index (χ2v) is 7.33. The minimum atomic E-state index is -0.0848. The third-order valence-electron chi connectivity index (χ3n) is 4.95. The molecule has 0 aliphatic heterocycles. The highest BCUT2D eigenvalue weighted by molar-refractivity contribution is 6.08. The van der Waals surface area contributed by atoms with E-state index in [1.165, 1.54) is 37.7 Å². The van der Waals surface area contributed by atoms with Gasteiger partial charge in [0.25, 0.3) is 0 Å². The standard InChI is InChI=1S/C25H32O2/c1-3-5-6-7-8-10-20-11-13-21(14-12-20)22-15-17-23(18-16-22)25(27)19-24(26)9-4-2/h11-18H,3-10,19H2,1-2H3. The smallest absolute Gasteiger partial charge is 0.170 e. The van der Waals surface area contributed by atoms with Gasteiger partial charge in [-0.3, -0.25) is 9.59 Å². The van der Waals surface area contributed by atoms with Crippen molar-refractivity contribution in [3.8, 4) is 11.1 Å². The summed E-state index contributed by atoms with van der Waals surface area (Å²) in [6.07, 6.45) is 8.96. The fourth-order valence-corrected chi connectivity index (χ4v) is 3.29. The monoisotopic (exact) mass is 364 g/mol. The van der Waals surface area contributed by atoms with Gasteiger partial charge in [0.05, 0.1) is 6.42 Å². The summed E-state index contributed by atoms with van der Waals surface area (Å²) >= 11 is 0. The Labute approximate surface area is 164 Å². The molecule has 0 aliphatic carbocycles. The third kappa shape index (κ3) is 7.13. The summed E-state index contributed by atoms with van der Waals surface area (Å²) < 4.78 is 0. The summed E-state index contributed by atoms with van der Waals surface area (Å²) in [6.45, 7) is 4.20. The van der Waals surface area contributed by atoms with Gasteiger partial charge in [0.15, 0.2) is 5.78 Å². The lowest BCUT2D eigenvalue weighted by atomic mass is 9.98. The average molecular weight is 365 g/mol. The number of hydrogen-bond acceptors (Lipinski definition) is 2. The zero-order chi connectivity index (χ0) is 19.5. The van der Waals surface area contributed by atoms with Gasteiger partial charge < -0.3 is 0 Å². The van der Waals surface area contributed by atoms with Crippen LogP contribution in [-0.2, 0) is 11.2 Å². The molecule has 0 aromatic heterocycles. The molecule has 144 valence electrons. The van der Waals surface area contributed by atoms with Crippen LogP contribution in [0.3, 0.4) is 0 Å². The Hall–Kier alpha value is -2.22. The Kier molecular flexibility index (Phi) is 8.97. The van der Waals surface area contributed by atoms with Crippen LogP contribution in [0.2, 0.25) is 0 Å². The van der Waals surface area contributed by atoms with E-state index in [-0.39, 0.29) is 18.0 Å². The van der Waals surface area contributed by atoms with E-state index < -0.39 is 0 Å². The first-order valence-corrected chi connectivity index (χ1v) is 10.4. The summed E-state index contributed by atoms with van der Waals surface area (Å²) in [6, 6.07) is 16.3. The fourth-order valence-electron chi connectivity index (χ4n) is 3.29. The summed E-state index contributed by atoms with van der Waals surface area (Å²) in [5.41, 5.74) is 4.26. The molecule has 0 saturated heterocycles. The van der Waals surface area contributed by atoms with Gasteiger partial charge in [-0.05, 0) is 36.0 Å². The molecule has 2 aromatic carbocycles. The molecule has 0 N–H and O–H groups in total. The van der Waals surface area contributed by atoms with E-state index in [2.05, 4.69) is 31.2 Å². The molecule has 0 bridgehead atoms. The third-order valence-corrected chi connectivity index (χ3v) is 4.95. The van der Waals surface area contributed by atoms with Crippen LogP contribution in [0.5, 0.6) is 0 Å². The molecular formula is C25H32O2. The minimum absolute atomic E-state index is 0.0140. The lowest BCUT2D eigenvalue weighted by molar-refractivity contribution is -0.118. The number of aryl methyl sites for hydroxylation is 1. The van der Waals surface area contributed by atoms with Crippen molar-refractivity contribution in [2.75, 3.05) is 0 Å². The average Bonchev–Trinajstić information content (AvgIpc) is 2.68. The fraction of sp³-hybridized carbons (Fsp3) is 0.440. The Morgan fingerprint density at radius 3 is 1.89 bits per heavy atom. The predicted octanol–water partition coefficient (Wildman–Crippen LogP) is 6.81. The zero-order valence-electron chi connectivity index (χ0n) is 16.8. The SMILES string of the molecule is CCCCCCCc1ccc(-c2ccc(C(=O)CC(=O)CCC)cc2)cc1. The highest BCUT2D eigenvalue weighted by Crippen LogP contribution is 2.22. The molecule has 0 aliphatic rings. The van der Waals surface area contributed by atoms with Gasteiger partial charge >= 0.3 is 0 Å². The van der Waals surface area contributed by atoms with Crippen LogP contribution in [0, 0.1) is 0 Å². The summed E-state index contributed by atoms with van der Waals surface area (Å²) in [4.78, 5) is 23.8. The molecule has 27 heavy (non-hydrogen) atoms. The molecule has 2 nitrogen and oxygen atoms in total.